The molecule has 1 atom stereocenters. The molecule has 0 aliphatic heterocycles. The van der Waals surface area contributed by atoms with Crippen molar-refractivity contribution >= 4 is 5.97 Å². The van der Waals surface area contributed by atoms with Crippen LogP contribution in [0.15, 0.2) is 18.2 Å². The van der Waals surface area contributed by atoms with Crippen LogP contribution in [0.5, 0.6) is 0 Å². The second kappa shape index (κ2) is 6.55. The van der Waals surface area contributed by atoms with Gasteiger partial charge in [-0.1, -0.05) is 25.1 Å². The molecule has 0 aromatic heterocycles. The number of aryl methyl sites for hydroxylation is 2. The van der Waals surface area contributed by atoms with Gasteiger partial charge in [0.2, 0.25) is 0 Å². The molecule has 0 radical (unpaired) electrons. The van der Waals surface area contributed by atoms with Crippen LogP contribution in [0.2, 0.25) is 0 Å². The van der Waals surface area contributed by atoms with E-state index in [1.54, 1.807) is 0 Å². The third-order valence-electron chi connectivity index (χ3n) is 3.51. The molecule has 1 unspecified atom stereocenters. The molecule has 1 aromatic carbocycles. The maximum absolute atomic E-state index is 10.8. The van der Waals surface area contributed by atoms with Crippen molar-refractivity contribution < 1.29 is 9.90 Å². The van der Waals surface area contributed by atoms with Crippen LogP contribution in [-0.2, 0) is 11.3 Å². The third kappa shape index (κ3) is 3.84. The van der Waals surface area contributed by atoms with E-state index in [1.807, 2.05) is 6.92 Å². The first-order valence-electron chi connectivity index (χ1n) is 6.46. The predicted molar refractivity (Wildman–Crippen MR) is 73.7 cm³/mol. The molecule has 1 rings (SSSR count). The minimum absolute atomic E-state index is 0.0616. The molecule has 1 aromatic rings. The van der Waals surface area contributed by atoms with Gasteiger partial charge in [0.15, 0.2) is 0 Å². The number of carboxylic acid groups (broad SMARTS) is 1. The van der Waals surface area contributed by atoms with Crippen molar-refractivity contribution in [3.05, 3.63) is 34.9 Å². The fraction of sp³-hybridized carbons (Fsp3) is 0.533. The number of benzene rings is 1. The molecule has 0 aliphatic rings. The highest BCUT2D eigenvalue weighted by Crippen LogP contribution is 2.17. The van der Waals surface area contributed by atoms with Crippen LogP contribution in [-0.4, -0.2) is 28.6 Å². The second-order valence-electron chi connectivity index (χ2n) is 4.88. The summed E-state index contributed by atoms with van der Waals surface area (Å²) in [5.41, 5.74) is 3.86. The summed E-state index contributed by atoms with van der Waals surface area (Å²) >= 11 is 0. The van der Waals surface area contributed by atoms with Gasteiger partial charge in [-0.3, -0.25) is 9.69 Å². The number of hydrogen-bond acceptors (Lipinski definition) is 2. The van der Waals surface area contributed by atoms with Crippen LogP contribution in [0.25, 0.3) is 0 Å². The SMILES string of the molecule is CCN(Cc1c(C)cccc1C)C(C)CC(=O)O. The first kappa shape index (κ1) is 14.7. The van der Waals surface area contributed by atoms with Gasteiger partial charge in [0.1, 0.15) is 0 Å². The minimum Gasteiger partial charge on any atom is -0.481 e. The van der Waals surface area contributed by atoms with E-state index in [4.69, 9.17) is 5.11 Å². The maximum Gasteiger partial charge on any atom is 0.304 e. The van der Waals surface area contributed by atoms with E-state index in [9.17, 15) is 4.79 Å². The molecule has 0 saturated carbocycles. The second-order valence-corrected chi connectivity index (χ2v) is 4.88. The zero-order chi connectivity index (χ0) is 13.7. The molecule has 3 nitrogen and oxygen atoms in total. The molecule has 0 amide bonds. The molecular weight excluding hydrogens is 226 g/mol. The van der Waals surface area contributed by atoms with Crippen LogP contribution < -0.4 is 0 Å². The van der Waals surface area contributed by atoms with E-state index < -0.39 is 5.97 Å². The van der Waals surface area contributed by atoms with E-state index in [0.717, 1.165) is 13.1 Å². The van der Waals surface area contributed by atoms with Crippen molar-refractivity contribution in [2.45, 2.75) is 46.7 Å². The number of carboxylic acids is 1. The number of rotatable bonds is 6. The number of carbonyl (C=O) groups is 1. The van der Waals surface area contributed by atoms with Gasteiger partial charge in [-0.25, -0.2) is 0 Å². The van der Waals surface area contributed by atoms with Crippen LogP contribution >= 0.6 is 0 Å². The molecule has 1 N–H and O–H groups in total. The lowest BCUT2D eigenvalue weighted by Crippen LogP contribution is -2.34. The zero-order valence-corrected chi connectivity index (χ0v) is 11.7. The Balaban J connectivity index is 2.82. The van der Waals surface area contributed by atoms with Gasteiger partial charge >= 0.3 is 5.97 Å². The largest absolute Gasteiger partial charge is 0.481 e. The van der Waals surface area contributed by atoms with Crippen molar-refractivity contribution in [1.29, 1.82) is 0 Å². The van der Waals surface area contributed by atoms with E-state index in [2.05, 4.69) is 43.9 Å². The summed E-state index contributed by atoms with van der Waals surface area (Å²) in [6.07, 6.45) is 0.193. The first-order chi connectivity index (χ1) is 8.45. The van der Waals surface area contributed by atoms with Crippen LogP contribution in [0.3, 0.4) is 0 Å². The summed E-state index contributed by atoms with van der Waals surface area (Å²) < 4.78 is 0. The summed E-state index contributed by atoms with van der Waals surface area (Å²) in [6.45, 7) is 9.96. The summed E-state index contributed by atoms with van der Waals surface area (Å²) in [7, 11) is 0. The smallest absolute Gasteiger partial charge is 0.304 e. The van der Waals surface area contributed by atoms with Gasteiger partial charge in [0.25, 0.3) is 0 Å². The Bertz CT molecular complexity index is 395. The summed E-state index contributed by atoms with van der Waals surface area (Å²) in [4.78, 5) is 13.0. The molecule has 0 heterocycles. The Morgan fingerprint density at radius 1 is 1.33 bits per heavy atom. The third-order valence-corrected chi connectivity index (χ3v) is 3.51. The van der Waals surface area contributed by atoms with Crippen molar-refractivity contribution in [2.75, 3.05) is 6.54 Å². The van der Waals surface area contributed by atoms with Crippen molar-refractivity contribution in [2.24, 2.45) is 0 Å². The van der Waals surface area contributed by atoms with Crippen LogP contribution in [0, 0.1) is 13.8 Å². The molecule has 3 heteroatoms. The molecule has 0 aliphatic carbocycles. The van der Waals surface area contributed by atoms with E-state index in [-0.39, 0.29) is 12.5 Å². The van der Waals surface area contributed by atoms with Crippen molar-refractivity contribution in [1.82, 2.24) is 4.90 Å². The summed E-state index contributed by atoms with van der Waals surface area (Å²) in [6, 6.07) is 6.34. The Morgan fingerprint density at radius 3 is 2.33 bits per heavy atom. The topological polar surface area (TPSA) is 40.5 Å². The number of nitrogens with zero attached hydrogens (tertiary/aromatic N) is 1. The van der Waals surface area contributed by atoms with Crippen LogP contribution in [0.1, 0.15) is 37.0 Å². The zero-order valence-electron chi connectivity index (χ0n) is 11.7. The monoisotopic (exact) mass is 249 g/mol. The van der Waals surface area contributed by atoms with Gasteiger partial charge in [-0.2, -0.15) is 0 Å². The van der Waals surface area contributed by atoms with E-state index >= 15 is 0 Å². The van der Waals surface area contributed by atoms with Gasteiger partial charge in [0.05, 0.1) is 6.42 Å². The van der Waals surface area contributed by atoms with Crippen molar-refractivity contribution in [3.8, 4) is 0 Å². The van der Waals surface area contributed by atoms with Crippen molar-refractivity contribution in [3.63, 3.8) is 0 Å². The molecule has 0 spiro atoms. The quantitative estimate of drug-likeness (QED) is 0.842. The Hall–Kier alpha value is -1.35. The number of hydrogen-bond donors (Lipinski definition) is 1. The summed E-state index contributed by atoms with van der Waals surface area (Å²) in [5.74, 6) is -0.734. The molecule has 18 heavy (non-hydrogen) atoms. The lowest BCUT2D eigenvalue weighted by molar-refractivity contribution is -0.138. The highest BCUT2D eigenvalue weighted by Gasteiger charge is 2.17. The Labute approximate surface area is 109 Å². The van der Waals surface area contributed by atoms with Gasteiger partial charge in [0, 0.05) is 12.6 Å². The van der Waals surface area contributed by atoms with E-state index in [1.165, 1.54) is 16.7 Å². The fourth-order valence-electron chi connectivity index (χ4n) is 2.26. The van der Waals surface area contributed by atoms with Gasteiger partial charge in [-0.05, 0) is 44.0 Å². The van der Waals surface area contributed by atoms with Crippen LogP contribution in [0.4, 0.5) is 0 Å². The lowest BCUT2D eigenvalue weighted by Gasteiger charge is -2.28. The van der Waals surface area contributed by atoms with E-state index in [0.29, 0.717) is 0 Å². The fourth-order valence-corrected chi connectivity index (χ4v) is 2.26. The molecular formula is C15H23NO2. The molecule has 0 bridgehead atoms. The lowest BCUT2D eigenvalue weighted by atomic mass is 10.0. The van der Waals surface area contributed by atoms with Gasteiger partial charge in [-0.15, -0.1) is 0 Å². The highest BCUT2D eigenvalue weighted by atomic mass is 16.4. The Kier molecular flexibility index (Phi) is 5.35. The normalized spacial score (nSPS) is 12.7. The average molecular weight is 249 g/mol. The molecule has 0 saturated heterocycles. The predicted octanol–water partition coefficient (Wildman–Crippen LogP) is 2.99. The summed E-state index contributed by atoms with van der Waals surface area (Å²) in [5, 5.41) is 8.88. The first-order valence-corrected chi connectivity index (χ1v) is 6.46. The average Bonchev–Trinajstić information content (AvgIpc) is 2.27. The minimum atomic E-state index is -0.734. The standard InChI is InChI=1S/C15H23NO2/c1-5-16(13(4)9-15(17)18)10-14-11(2)7-6-8-12(14)3/h6-8,13H,5,9-10H2,1-4H3,(H,17,18). The maximum atomic E-state index is 10.8. The highest BCUT2D eigenvalue weighted by molar-refractivity contribution is 5.67. The molecule has 100 valence electrons. The van der Waals surface area contributed by atoms with Gasteiger partial charge < -0.3 is 5.11 Å². The molecule has 0 fully saturated rings. The Morgan fingerprint density at radius 2 is 1.89 bits per heavy atom. The number of aliphatic carboxylic acids is 1.